The molecule has 2 aliphatic heterocycles. The van der Waals surface area contributed by atoms with Crippen LogP contribution in [0.4, 0.5) is 4.79 Å². The van der Waals surface area contributed by atoms with Crippen molar-refractivity contribution >= 4 is 6.03 Å². The lowest BCUT2D eigenvalue weighted by molar-refractivity contribution is 0.0949. The van der Waals surface area contributed by atoms with Crippen molar-refractivity contribution in [3.63, 3.8) is 0 Å². The summed E-state index contributed by atoms with van der Waals surface area (Å²) in [5.41, 5.74) is 0. The Bertz CT molecular complexity index is 288. The number of amides is 2. The molecular weight excluding hydrogens is 214 g/mol. The molecule has 2 saturated heterocycles. The lowest BCUT2D eigenvalue weighted by Crippen LogP contribution is -2.56. The Hall–Kier alpha value is -0.770. The average molecular weight is 237 g/mol. The summed E-state index contributed by atoms with van der Waals surface area (Å²) < 4.78 is 0. The fourth-order valence-corrected chi connectivity index (χ4v) is 3.73. The molecule has 0 radical (unpaired) electrons. The molecule has 1 saturated carbocycles. The standard InChI is InChI=1S/C13H23N3O/c17-13(15-9-6-14-7-10-15)16-8-2-4-11-3-1-5-12(11)16/h11-12,14H,1-10H2. The van der Waals surface area contributed by atoms with Gasteiger partial charge in [-0.3, -0.25) is 0 Å². The van der Waals surface area contributed by atoms with Crippen LogP contribution in [0.2, 0.25) is 0 Å². The van der Waals surface area contributed by atoms with E-state index in [4.69, 9.17) is 0 Å². The topological polar surface area (TPSA) is 35.6 Å². The minimum atomic E-state index is 0.308. The van der Waals surface area contributed by atoms with Gasteiger partial charge >= 0.3 is 6.03 Å². The van der Waals surface area contributed by atoms with Crippen LogP contribution in [0.25, 0.3) is 0 Å². The van der Waals surface area contributed by atoms with E-state index in [1.807, 2.05) is 4.90 Å². The molecule has 0 aromatic heterocycles. The van der Waals surface area contributed by atoms with Crippen LogP contribution in [-0.4, -0.2) is 54.6 Å². The van der Waals surface area contributed by atoms with Crippen LogP contribution in [-0.2, 0) is 0 Å². The number of rotatable bonds is 0. The Balaban J connectivity index is 1.67. The van der Waals surface area contributed by atoms with Crippen LogP contribution >= 0.6 is 0 Å². The molecule has 1 N–H and O–H groups in total. The van der Waals surface area contributed by atoms with Crippen molar-refractivity contribution in [3.05, 3.63) is 0 Å². The quantitative estimate of drug-likeness (QED) is 0.689. The maximum Gasteiger partial charge on any atom is 0.320 e. The van der Waals surface area contributed by atoms with E-state index < -0.39 is 0 Å². The molecule has 4 nitrogen and oxygen atoms in total. The SMILES string of the molecule is O=C(N1CCNCC1)N1CCCC2CCCC21. The number of piperazine rings is 1. The second-order valence-corrected chi connectivity index (χ2v) is 5.61. The first-order valence-electron chi connectivity index (χ1n) is 7.12. The first-order chi connectivity index (χ1) is 8.36. The van der Waals surface area contributed by atoms with E-state index in [9.17, 15) is 4.79 Å². The fourth-order valence-electron chi connectivity index (χ4n) is 3.73. The van der Waals surface area contributed by atoms with Crippen LogP contribution in [0.1, 0.15) is 32.1 Å². The first-order valence-corrected chi connectivity index (χ1v) is 7.12. The summed E-state index contributed by atoms with van der Waals surface area (Å²) in [6, 6.07) is 0.870. The minimum Gasteiger partial charge on any atom is -0.322 e. The molecule has 0 spiro atoms. The summed E-state index contributed by atoms with van der Waals surface area (Å²) in [6.45, 7) is 4.66. The zero-order valence-electron chi connectivity index (χ0n) is 10.5. The number of likely N-dealkylation sites (tertiary alicyclic amines) is 1. The van der Waals surface area contributed by atoms with Gasteiger partial charge in [0.05, 0.1) is 0 Å². The van der Waals surface area contributed by atoms with Gasteiger partial charge in [-0.15, -0.1) is 0 Å². The molecule has 0 aromatic carbocycles. The molecule has 3 aliphatic rings. The lowest BCUT2D eigenvalue weighted by atomic mass is 9.92. The van der Waals surface area contributed by atoms with Gasteiger partial charge in [0.25, 0.3) is 0 Å². The van der Waals surface area contributed by atoms with Crippen LogP contribution < -0.4 is 5.32 Å². The van der Waals surface area contributed by atoms with E-state index in [1.165, 1.54) is 32.1 Å². The van der Waals surface area contributed by atoms with Gasteiger partial charge in [-0.05, 0) is 31.6 Å². The number of piperidine rings is 1. The number of hydrogen-bond acceptors (Lipinski definition) is 2. The highest BCUT2D eigenvalue weighted by Crippen LogP contribution is 2.37. The molecular formula is C13H23N3O. The van der Waals surface area contributed by atoms with Crippen LogP contribution in [0, 0.1) is 5.92 Å². The minimum absolute atomic E-state index is 0.308. The normalized spacial score (nSPS) is 33.6. The second kappa shape index (κ2) is 4.84. The molecule has 3 fully saturated rings. The van der Waals surface area contributed by atoms with Crippen LogP contribution in [0.3, 0.4) is 0 Å². The predicted molar refractivity (Wildman–Crippen MR) is 66.9 cm³/mol. The Morgan fingerprint density at radius 1 is 1.00 bits per heavy atom. The van der Waals surface area contributed by atoms with Gasteiger partial charge in [-0.2, -0.15) is 0 Å². The Labute approximate surface area is 103 Å². The fraction of sp³-hybridized carbons (Fsp3) is 0.923. The van der Waals surface area contributed by atoms with E-state index >= 15 is 0 Å². The number of nitrogens with one attached hydrogen (secondary N) is 1. The number of carbonyl (C=O) groups excluding carboxylic acids is 1. The molecule has 0 aromatic rings. The summed E-state index contributed by atoms with van der Waals surface area (Å²) in [7, 11) is 0. The highest BCUT2D eigenvalue weighted by atomic mass is 16.2. The molecule has 3 rings (SSSR count). The van der Waals surface area contributed by atoms with E-state index in [-0.39, 0.29) is 0 Å². The summed E-state index contributed by atoms with van der Waals surface area (Å²) >= 11 is 0. The highest BCUT2D eigenvalue weighted by molar-refractivity contribution is 5.75. The highest BCUT2D eigenvalue weighted by Gasteiger charge is 2.38. The van der Waals surface area contributed by atoms with Crippen molar-refractivity contribution in [1.29, 1.82) is 0 Å². The van der Waals surface area contributed by atoms with Crippen molar-refractivity contribution in [2.75, 3.05) is 32.7 Å². The maximum absolute atomic E-state index is 12.5. The summed E-state index contributed by atoms with van der Waals surface area (Å²) in [6.07, 6.45) is 6.45. The average Bonchev–Trinajstić information content (AvgIpc) is 2.87. The molecule has 17 heavy (non-hydrogen) atoms. The van der Waals surface area contributed by atoms with Gasteiger partial charge in [-0.1, -0.05) is 6.42 Å². The van der Waals surface area contributed by atoms with E-state index in [1.54, 1.807) is 0 Å². The van der Waals surface area contributed by atoms with Crippen molar-refractivity contribution in [1.82, 2.24) is 15.1 Å². The van der Waals surface area contributed by atoms with E-state index in [0.717, 1.165) is 38.6 Å². The summed E-state index contributed by atoms with van der Waals surface area (Å²) in [4.78, 5) is 16.7. The van der Waals surface area contributed by atoms with Gasteiger partial charge in [0.15, 0.2) is 0 Å². The van der Waals surface area contributed by atoms with Gasteiger partial charge < -0.3 is 15.1 Å². The molecule has 2 heterocycles. The Morgan fingerprint density at radius 2 is 1.76 bits per heavy atom. The van der Waals surface area contributed by atoms with Gasteiger partial charge in [0.1, 0.15) is 0 Å². The van der Waals surface area contributed by atoms with Crippen LogP contribution in [0.5, 0.6) is 0 Å². The predicted octanol–water partition coefficient (Wildman–Crippen LogP) is 1.28. The number of nitrogens with zero attached hydrogens (tertiary/aromatic N) is 2. The van der Waals surface area contributed by atoms with Crippen molar-refractivity contribution in [3.8, 4) is 0 Å². The zero-order chi connectivity index (χ0) is 11.7. The van der Waals surface area contributed by atoms with Crippen molar-refractivity contribution in [2.24, 2.45) is 5.92 Å². The molecule has 0 bridgehead atoms. The third kappa shape index (κ3) is 2.15. The molecule has 4 heteroatoms. The number of urea groups is 1. The molecule has 2 amide bonds. The van der Waals surface area contributed by atoms with E-state index in [2.05, 4.69) is 10.2 Å². The smallest absolute Gasteiger partial charge is 0.320 e. The van der Waals surface area contributed by atoms with Crippen molar-refractivity contribution in [2.45, 2.75) is 38.1 Å². The Kier molecular flexibility index (Phi) is 3.23. The molecule has 96 valence electrons. The third-order valence-electron chi connectivity index (χ3n) is 4.63. The van der Waals surface area contributed by atoms with Gasteiger partial charge in [0.2, 0.25) is 0 Å². The largest absolute Gasteiger partial charge is 0.322 e. The zero-order valence-corrected chi connectivity index (χ0v) is 10.5. The second-order valence-electron chi connectivity index (χ2n) is 5.61. The first kappa shape index (κ1) is 11.3. The molecule has 2 unspecified atom stereocenters. The third-order valence-corrected chi connectivity index (χ3v) is 4.63. The summed E-state index contributed by atoms with van der Waals surface area (Å²) in [5, 5.41) is 3.31. The summed E-state index contributed by atoms with van der Waals surface area (Å²) in [5.74, 6) is 0.801. The lowest BCUT2D eigenvalue weighted by Gasteiger charge is -2.41. The molecule has 1 aliphatic carbocycles. The monoisotopic (exact) mass is 237 g/mol. The number of fused-ring (bicyclic) bond motifs is 1. The van der Waals surface area contributed by atoms with Gasteiger partial charge in [-0.25, -0.2) is 4.79 Å². The van der Waals surface area contributed by atoms with Crippen LogP contribution in [0.15, 0.2) is 0 Å². The van der Waals surface area contributed by atoms with E-state index in [0.29, 0.717) is 12.1 Å². The number of hydrogen-bond donors (Lipinski definition) is 1. The van der Waals surface area contributed by atoms with Gasteiger partial charge in [0, 0.05) is 38.8 Å². The maximum atomic E-state index is 12.5. The molecule has 2 atom stereocenters. The Morgan fingerprint density at radius 3 is 2.59 bits per heavy atom. The van der Waals surface area contributed by atoms with Crippen molar-refractivity contribution < 1.29 is 4.79 Å². The number of carbonyl (C=O) groups is 1.